The first-order valence-electron chi connectivity index (χ1n) is 4.59. The number of anilines is 2. The molecule has 3 N–H and O–H groups in total. The van der Waals surface area contributed by atoms with Crippen molar-refractivity contribution in [2.24, 2.45) is 0 Å². The summed E-state index contributed by atoms with van der Waals surface area (Å²) in [5.74, 6) is 1.62. The molecule has 2 heterocycles. The van der Waals surface area contributed by atoms with Gasteiger partial charge in [0.05, 0.1) is 17.3 Å². The SMILES string of the molecule is Cc1nc(CNc2ncc(Cl)cc2N)no1. The van der Waals surface area contributed by atoms with E-state index in [1.807, 2.05) is 0 Å². The van der Waals surface area contributed by atoms with Crippen LogP contribution in [0.4, 0.5) is 11.5 Å². The van der Waals surface area contributed by atoms with E-state index in [4.69, 9.17) is 21.9 Å². The lowest BCUT2D eigenvalue weighted by Gasteiger charge is -2.05. The number of nitrogen functional groups attached to an aromatic ring is 1. The summed E-state index contributed by atoms with van der Waals surface area (Å²) in [4.78, 5) is 8.08. The molecule has 7 heteroatoms. The molecule has 2 aromatic rings. The van der Waals surface area contributed by atoms with Gasteiger partial charge < -0.3 is 15.6 Å². The van der Waals surface area contributed by atoms with Crippen LogP contribution in [-0.2, 0) is 6.54 Å². The molecule has 0 unspecified atom stereocenters. The highest BCUT2D eigenvalue weighted by Gasteiger charge is 2.04. The molecule has 0 aliphatic carbocycles. The van der Waals surface area contributed by atoms with Gasteiger partial charge in [-0.25, -0.2) is 4.98 Å². The van der Waals surface area contributed by atoms with Gasteiger partial charge >= 0.3 is 0 Å². The van der Waals surface area contributed by atoms with Crippen LogP contribution in [0.25, 0.3) is 0 Å². The van der Waals surface area contributed by atoms with E-state index >= 15 is 0 Å². The Kier molecular flexibility index (Phi) is 2.91. The quantitative estimate of drug-likeness (QED) is 0.846. The number of nitrogens with one attached hydrogen (secondary N) is 1. The second-order valence-corrected chi connectivity index (χ2v) is 3.61. The van der Waals surface area contributed by atoms with Crippen LogP contribution in [0.3, 0.4) is 0 Å². The summed E-state index contributed by atoms with van der Waals surface area (Å²) in [5.41, 5.74) is 6.20. The molecule has 2 aromatic heterocycles. The first-order valence-corrected chi connectivity index (χ1v) is 4.97. The van der Waals surface area contributed by atoms with Crippen molar-refractivity contribution in [3.63, 3.8) is 0 Å². The van der Waals surface area contributed by atoms with Crippen LogP contribution in [-0.4, -0.2) is 15.1 Å². The van der Waals surface area contributed by atoms with Gasteiger partial charge in [-0.1, -0.05) is 16.8 Å². The van der Waals surface area contributed by atoms with E-state index in [1.165, 1.54) is 6.20 Å². The Labute approximate surface area is 96.8 Å². The van der Waals surface area contributed by atoms with Crippen molar-refractivity contribution in [2.75, 3.05) is 11.1 Å². The van der Waals surface area contributed by atoms with Crippen LogP contribution >= 0.6 is 11.6 Å². The molecule has 84 valence electrons. The minimum Gasteiger partial charge on any atom is -0.396 e. The summed E-state index contributed by atoms with van der Waals surface area (Å²) in [6.45, 7) is 2.13. The minimum atomic E-state index is 0.399. The summed E-state index contributed by atoms with van der Waals surface area (Å²) < 4.78 is 4.83. The van der Waals surface area contributed by atoms with Gasteiger partial charge in [-0.05, 0) is 6.07 Å². The predicted molar refractivity (Wildman–Crippen MR) is 60.0 cm³/mol. The van der Waals surface area contributed by atoms with E-state index in [9.17, 15) is 0 Å². The highest BCUT2D eigenvalue weighted by Crippen LogP contribution is 2.19. The third-order valence-corrected chi connectivity index (χ3v) is 2.07. The van der Waals surface area contributed by atoms with Gasteiger partial charge in [0.15, 0.2) is 5.82 Å². The Balaban J connectivity index is 2.04. The highest BCUT2D eigenvalue weighted by atomic mass is 35.5. The number of hydrogen-bond acceptors (Lipinski definition) is 6. The molecule has 0 fully saturated rings. The second kappa shape index (κ2) is 4.36. The molecule has 0 saturated carbocycles. The normalized spacial score (nSPS) is 10.4. The molecule has 2 rings (SSSR count). The molecule has 0 aliphatic rings. The largest absolute Gasteiger partial charge is 0.396 e. The zero-order chi connectivity index (χ0) is 11.5. The first kappa shape index (κ1) is 10.7. The van der Waals surface area contributed by atoms with E-state index in [-0.39, 0.29) is 0 Å². The van der Waals surface area contributed by atoms with Crippen molar-refractivity contribution in [1.82, 2.24) is 15.1 Å². The van der Waals surface area contributed by atoms with E-state index in [0.717, 1.165) is 0 Å². The Bertz CT molecular complexity index is 498. The lowest BCUT2D eigenvalue weighted by molar-refractivity contribution is 0.388. The minimum absolute atomic E-state index is 0.399. The third-order valence-electron chi connectivity index (χ3n) is 1.87. The fourth-order valence-electron chi connectivity index (χ4n) is 1.18. The van der Waals surface area contributed by atoms with E-state index in [0.29, 0.717) is 34.8 Å². The van der Waals surface area contributed by atoms with E-state index in [1.54, 1.807) is 13.0 Å². The van der Waals surface area contributed by atoms with Crippen LogP contribution in [0.5, 0.6) is 0 Å². The maximum Gasteiger partial charge on any atom is 0.223 e. The molecule has 0 atom stereocenters. The number of hydrogen-bond donors (Lipinski definition) is 2. The van der Waals surface area contributed by atoms with Gasteiger partial charge in [-0.15, -0.1) is 0 Å². The van der Waals surface area contributed by atoms with Crippen molar-refractivity contribution in [2.45, 2.75) is 13.5 Å². The van der Waals surface area contributed by atoms with Gasteiger partial charge in [0, 0.05) is 13.1 Å². The fourth-order valence-corrected chi connectivity index (χ4v) is 1.34. The average Bonchev–Trinajstić information content (AvgIpc) is 2.63. The van der Waals surface area contributed by atoms with Crippen LogP contribution in [0, 0.1) is 6.92 Å². The molecule has 0 bridgehead atoms. The zero-order valence-electron chi connectivity index (χ0n) is 8.57. The Morgan fingerprint density at radius 1 is 1.56 bits per heavy atom. The van der Waals surface area contributed by atoms with Crippen LogP contribution < -0.4 is 11.1 Å². The van der Waals surface area contributed by atoms with Crippen molar-refractivity contribution in [3.05, 3.63) is 29.0 Å². The molecule has 0 radical (unpaired) electrons. The van der Waals surface area contributed by atoms with Gasteiger partial charge in [0.25, 0.3) is 0 Å². The summed E-state index contributed by atoms with van der Waals surface area (Å²) in [6.07, 6.45) is 1.52. The number of halogens is 1. The van der Waals surface area contributed by atoms with Crippen LogP contribution in [0.15, 0.2) is 16.8 Å². The van der Waals surface area contributed by atoms with E-state index < -0.39 is 0 Å². The van der Waals surface area contributed by atoms with Gasteiger partial charge in [-0.3, -0.25) is 0 Å². The molecule has 0 aromatic carbocycles. The highest BCUT2D eigenvalue weighted by molar-refractivity contribution is 6.30. The molecular weight excluding hydrogens is 230 g/mol. The lowest BCUT2D eigenvalue weighted by Crippen LogP contribution is -2.05. The van der Waals surface area contributed by atoms with Crippen molar-refractivity contribution >= 4 is 23.1 Å². The Morgan fingerprint density at radius 2 is 2.38 bits per heavy atom. The lowest BCUT2D eigenvalue weighted by atomic mass is 10.4. The second-order valence-electron chi connectivity index (χ2n) is 3.17. The molecule has 0 saturated heterocycles. The number of aromatic nitrogens is 3. The first-order chi connectivity index (χ1) is 7.65. The standard InChI is InChI=1S/C9H10ClN5O/c1-5-14-8(15-16-5)4-13-9-7(11)2-6(10)3-12-9/h2-3H,4,11H2,1H3,(H,12,13). The number of nitrogens with zero attached hydrogens (tertiary/aromatic N) is 3. The molecular formula is C9H10ClN5O. The molecule has 6 nitrogen and oxygen atoms in total. The molecule has 16 heavy (non-hydrogen) atoms. The number of aryl methyl sites for hydroxylation is 1. The van der Waals surface area contributed by atoms with Crippen LogP contribution in [0.2, 0.25) is 5.02 Å². The maximum absolute atomic E-state index is 5.73. The average molecular weight is 240 g/mol. The Hall–Kier alpha value is -1.82. The van der Waals surface area contributed by atoms with Crippen molar-refractivity contribution in [1.29, 1.82) is 0 Å². The van der Waals surface area contributed by atoms with Crippen molar-refractivity contribution < 1.29 is 4.52 Å². The third kappa shape index (κ3) is 2.40. The van der Waals surface area contributed by atoms with Gasteiger partial charge in [0.1, 0.15) is 5.82 Å². The Morgan fingerprint density at radius 3 is 3.00 bits per heavy atom. The predicted octanol–water partition coefficient (Wildman–Crippen LogP) is 1.62. The van der Waals surface area contributed by atoms with Gasteiger partial charge in [-0.2, -0.15) is 4.98 Å². The summed E-state index contributed by atoms with van der Waals surface area (Å²) in [6, 6.07) is 1.62. The maximum atomic E-state index is 5.73. The summed E-state index contributed by atoms with van der Waals surface area (Å²) >= 11 is 5.73. The number of pyridine rings is 1. The number of nitrogens with two attached hydrogens (primary N) is 1. The smallest absolute Gasteiger partial charge is 0.223 e. The van der Waals surface area contributed by atoms with Gasteiger partial charge in [0.2, 0.25) is 5.89 Å². The fraction of sp³-hybridized carbons (Fsp3) is 0.222. The molecule has 0 amide bonds. The molecule has 0 aliphatic heterocycles. The molecule has 0 spiro atoms. The van der Waals surface area contributed by atoms with Crippen molar-refractivity contribution in [3.8, 4) is 0 Å². The van der Waals surface area contributed by atoms with Crippen LogP contribution in [0.1, 0.15) is 11.7 Å². The monoisotopic (exact) mass is 239 g/mol. The summed E-state index contributed by atoms with van der Waals surface area (Å²) in [5, 5.41) is 7.22. The zero-order valence-corrected chi connectivity index (χ0v) is 9.32. The number of rotatable bonds is 3. The topological polar surface area (TPSA) is 89.9 Å². The van der Waals surface area contributed by atoms with E-state index in [2.05, 4.69) is 20.4 Å². The summed E-state index contributed by atoms with van der Waals surface area (Å²) in [7, 11) is 0.